The van der Waals surface area contributed by atoms with Crippen LogP contribution in [0.5, 0.6) is 5.75 Å². The second kappa shape index (κ2) is 11.9. The van der Waals surface area contributed by atoms with Gasteiger partial charge in [0, 0.05) is 0 Å². The minimum atomic E-state index is -1.61. The first-order valence-electron chi connectivity index (χ1n) is 11.7. The summed E-state index contributed by atoms with van der Waals surface area (Å²) >= 11 is 0. The van der Waals surface area contributed by atoms with Crippen LogP contribution in [0.25, 0.3) is 0 Å². The molecule has 0 bridgehead atoms. The van der Waals surface area contributed by atoms with Crippen LogP contribution in [0.1, 0.15) is 19.4 Å². The van der Waals surface area contributed by atoms with Crippen molar-refractivity contribution in [2.24, 2.45) is 0 Å². The monoisotopic (exact) mass is 533 g/mol. The van der Waals surface area contributed by atoms with Crippen LogP contribution in [0.3, 0.4) is 0 Å². The van der Waals surface area contributed by atoms with Crippen LogP contribution in [-0.2, 0) is 20.4 Å². The van der Waals surface area contributed by atoms with E-state index in [4.69, 9.17) is 9.47 Å². The van der Waals surface area contributed by atoms with Crippen LogP contribution in [-0.4, -0.2) is 18.2 Å². The molecule has 0 fully saturated rings. The SMILES string of the molecule is CC(C)(C#Cc1ccc(F)c(F)c1F)OC(=O)COc1ccc([S+](c2ccccc2)c2ccccc2)cc1. The second-order valence-electron chi connectivity index (χ2n) is 8.65. The molecule has 0 saturated carbocycles. The molecule has 3 nitrogen and oxygen atoms in total. The van der Waals surface area contributed by atoms with Gasteiger partial charge in [-0.05, 0) is 74.5 Å². The van der Waals surface area contributed by atoms with Crippen LogP contribution in [0, 0.1) is 29.3 Å². The highest BCUT2D eigenvalue weighted by molar-refractivity contribution is 7.97. The summed E-state index contributed by atoms with van der Waals surface area (Å²) in [5, 5.41) is 0. The molecular formula is C31H24F3O3S+. The lowest BCUT2D eigenvalue weighted by atomic mass is 10.1. The van der Waals surface area contributed by atoms with Gasteiger partial charge in [-0.3, -0.25) is 0 Å². The van der Waals surface area contributed by atoms with Gasteiger partial charge < -0.3 is 9.47 Å². The Labute approximate surface area is 222 Å². The van der Waals surface area contributed by atoms with Gasteiger partial charge in [0.1, 0.15) is 5.75 Å². The zero-order chi connectivity index (χ0) is 27.1. The summed E-state index contributed by atoms with van der Waals surface area (Å²) in [4.78, 5) is 15.8. The molecule has 0 aliphatic carbocycles. The van der Waals surface area contributed by atoms with Gasteiger partial charge >= 0.3 is 5.97 Å². The molecule has 0 aliphatic heterocycles. The summed E-state index contributed by atoms with van der Waals surface area (Å²) in [6, 6.07) is 29.8. The molecule has 192 valence electrons. The normalized spacial score (nSPS) is 11.0. The average molecular weight is 534 g/mol. The first-order valence-corrected chi connectivity index (χ1v) is 12.9. The number of halogens is 3. The third-order valence-corrected chi connectivity index (χ3v) is 7.51. The van der Waals surface area contributed by atoms with E-state index in [1.54, 1.807) is 12.1 Å². The van der Waals surface area contributed by atoms with Crippen molar-refractivity contribution in [3.8, 4) is 17.6 Å². The Morgan fingerprint density at radius 1 is 0.763 bits per heavy atom. The van der Waals surface area contributed by atoms with Gasteiger partial charge in [-0.2, -0.15) is 0 Å². The smallest absolute Gasteiger partial charge is 0.345 e. The van der Waals surface area contributed by atoms with Crippen LogP contribution in [0.4, 0.5) is 13.2 Å². The fraction of sp³-hybridized carbons (Fsp3) is 0.129. The summed E-state index contributed by atoms with van der Waals surface area (Å²) in [7, 11) is -0.305. The Bertz CT molecular complexity index is 1420. The second-order valence-corrected chi connectivity index (χ2v) is 10.7. The molecule has 4 rings (SSSR count). The fourth-order valence-electron chi connectivity index (χ4n) is 3.52. The number of rotatable bonds is 7. The number of hydrogen-bond acceptors (Lipinski definition) is 3. The van der Waals surface area contributed by atoms with Crippen molar-refractivity contribution in [2.75, 3.05) is 6.61 Å². The molecule has 0 atom stereocenters. The van der Waals surface area contributed by atoms with Crippen LogP contribution < -0.4 is 4.74 Å². The van der Waals surface area contributed by atoms with E-state index in [0.29, 0.717) is 5.75 Å². The van der Waals surface area contributed by atoms with Gasteiger partial charge in [-0.25, -0.2) is 18.0 Å². The Kier molecular flexibility index (Phi) is 8.45. The molecule has 0 unspecified atom stereocenters. The average Bonchev–Trinajstić information content (AvgIpc) is 2.92. The van der Waals surface area contributed by atoms with Crippen molar-refractivity contribution < 1.29 is 27.4 Å². The molecule has 0 N–H and O–H groups in total. The summed E-state index contributed by atoms with van der Waals surface area (Å²) in [6.45, 7) is 2.63. The molecule has 4 aromatic rings. The molecule has 7 heteroatoms. The molecule has 0 saturated heterocycles. The lowest BCUT2D eigenvalue weighted by Crippen LogP contribution is -2.29. The maximum absolute atomic E-state index is 13.8. The highest BCUT2D eigenvalue weighted by Crippen LogP contribution is 2.32. The molecule has 0 spiro atoms. The standard InChI is InChI=1S/C31H24F3O3S/c1-31(2,20-19-22-13-18-27(32)30(34)29(22)33)37-28(35)21-36-23-14-16-26(17-15-23)38(24-9-5-3-6-10-24)25-11-7-4-8-12-25/h3-18H,21H2,1-2H3/q+1. The van der Waals surface area contributed by atoms with E-state index in [1.807, 2.05) is 48.5 Å². The predicted octanol–water partition coefficient (Wildman–Crippen LogP) is 6.95. The van der Waals surface area contributed by atoms with Crippen molar-refractivity contribution >= 4 is 16.9 Å². The first-order chi connectivity index (χ1) is 18.2. The number of benzene rings is 4. The van der Waals surface area contributed by atoms with E-state index in [9.17, 15) is 18.0 Å². The summed E-state index contributed by atoms with van der Waals surface area (Å²) in [5.74, 6) is 0.457. The molecule has 0 radical (unpaired) electrons. The largest absolute Gasteiger partial charge is 0.482 e. The molecule has 0 heterocycles. The summed E-state index contributed by atoms with van der Waals surface area (Å²) in [6.07, 6.45) is 0. The molecule has 0 aromatic heterocycles. The lowest BCUT2D eigenvalue weighted by Gasteiger charge is -2.19. The molecule has 4 aromatic carbocycles. The Morgan fingerprint density at radius 3 is 1.89 bits per heavy atom. The Hall–Kier alpha value is -4.15. The van der Waals surface area contributed by atoms with E-state index < -0.39 is 29.0 Å². The molecule has 0 aliphatic rings. The van der Waals surface area contributed by atoms with Gasteiger partial charge in [0.05, 0.1) is 16.5 Å². The van der Waals surface area contributed by atoms with Crippen LogP contribution >= 0.6 is 0 Å². The van der Waals surface area contributed by atoms with Crippen molar-refractivity contribution in [1.29, 1.82) is 0 Å². The number of ether oxygens (including phenoxy) is 2. The van der Waals surface area contributed by atoms with Gasteiger partial charge in [-0.1, -0.05) is 48.2 Å². The number of carbonyl (C=O) groups is 1. The highest BCUT2D eigenvalue weighted by atomic mass is 32.2. The maximum Gasteiger partial charge on any atom is 0.345 e. The third-order valence-electron chi connectivity index (χ3n) is 5.28. The number of carbonyl (C=O) groups excluding carboxylic acids is 1. The molecular weight excluding hydrogens is 509 g/mol. The zero-order valence-electron chi connectivity index (χ0n) is 20.7. The fourth-order valence-corrected chi connectivity index (χ4v) is 5.60. The van der Waals surface area contributed by atoms with Gasteiger partial charge in [0.2, 0.25) is 0 Å². The third kappa shape index (κ3) is 6.78. The van der Waals surface area contributed by atoms with Crippen molar-refractivity contribution in [3.63, 3.8) is 0 Å². The van der Waals surface area contributed by atoms with E-state index in [1.165, 1.54) is 23.6 Å². The topological polar surface area (TPSA) is 35.5 Å². The highest BCUT2D eigenvalue weighted by Gasteiger charge is 2.28. The Balaban J connectivity index is 1.40. The van der Waals surface area contributed by atoms with Gasteiger partial charge in [0.15, 0.2) is 44.3 Å². The zero-order valence-corrected chi connectivity index (χ0v) is 21.5. The first kappa shape index (κ1) is 26.9. The predicted molar refractivity (Wildman–Crippen MR) is 140 cm³/mol. The van der Waals surface area contributed by atoms with E-state index in [0.717, 1.165) is 17.0 Å². The maximum atomic E-state index is 13.8. The minimum absolute atomic E-state index is 0.305. The van der Waals surface area contributed by atoms with Crippen molar-refractivity contribution in [3.05, 3.63) is 120 Å². The van der Waals surface area contributed by atoms with Gasteiger partial charge in [-0.15, -0.1) is 0 Å². The summed E-state index contributed by atoms with van der Waals surface area (Å²) in [5.41, 5.74) is -1.66. The van der Waals surface area contributed by atoms with Gasteiger partial charge in [0.25, 0.3) is 0 Å². The number of hydrogen-bond donors (Lipinski definition) is 0. The van der Waals surface area contributed by atoms with Crippen LogP contribution in [0.2, 0.25) is 0 Å². The molecule has 38 heavy (non-hydrogen) atoms. The molecule has 0 amide bonds. The van der Waals surface area contributed by atoms with Crippen molar-refractivity contribution in [1.82, 2.24) is 0 Å². The van der Waals surface area contributed by atoms with E-state index in [2.05, 4.69) is 36.1 Å². The summed E-state index contributed by atoms with van der Waals surface area (Å²) < 4.78 is 51.3. The van der Waals surface area contributed by atoms with E-state index in [-0.39, 0.29) is 23.1 Å². The minimum Gasteiger partial charge on any atom is -0.482 e. The van der Waals surface area contributed by atoms with Crippen LogP contribution in [0.15, 0.2) is 112 Å². The quantitative estimate of drug-likeness (QED) is 0.112. The van der Waals surface area contributed by atoms with Crippen molar-refractivity contribution in [2.45, 2.75) is 34.1 Å². The van der Waals surface area contributed by atoms with E-state index >= 15 is 0 Å². The Morgan fingerprint density at radius 2 is 1.32 bits per heavy atom. The lowest BCUT2D eigenvalue weighted by molar-refractivity contribution is -0.154. The number of esters is 1.